The molecule has 174 valence electrons. The molecule has 0 heterocycles. The molecule has 3 aromatic carbocycles. The number of ether oxygens (including phenoxy) is 1. The second-order valence-electron chi connectivity index (χ2n) is 7.90. The fourth-order valence-electron chi connectivity index (χ4n) is 3.69. The van der Waals surface area contributed by atoms with E-state index in [1.165, 1.54) is 5.56 Å². The fourth-order valence-corrected chi connectivity index (χ4v) is 3.89. The van der Waals surface area contributed by atoms with Gasteiger partial charge in [-0.2, -0.15) is 0 Å². The van der Waals surface area contributed by atoms with Crippen molar-refractivity contribution in [3.63, 3.8) is 0 Å². The molecule has 0 saturated heterocycles. The third-order valence-corrected chi connectivity index (χ3v) is 5.61. The molecule has 0 saturated carbocycles. The molecule has 0 aliphatic carbocycles. The highest BCUT2D eigenvalue weighted by Gasteiger charge is 2.14. The molecule has 0 fully saturated rings. The molecule has 3 aromatic rings. The third-order valence-electron chi connectivity index (χ3n) is 5.37. The molecular weight excluding hydrogens is 438 g/mol. The Hall–Kier alpha value is -2.86. The Morgan fingerprint density at radius 2 is 1.91 bits per heavy atom. The van der Waals surface area contributed by atoms with Crippen molar-refractivity contribution in [2.45, 2.75) is 32.3 Å². The molecule has 3 rings (SSSR count). The molecule has 0 bridgehead atoms. The van der Waals surface area contributed by atoms with E-state index in [2.05, 4.69) is 11.4 Å². The van der Waals surface area contributed by atoms with Crippen LogP contribution < -0.4 is 10.1 Å². The quantitative estimate of drug-likeness (QED) is 0.295. The predicted molar refractivity (Wildman–Crippen MR) is 132 cm³/mol. The first kappa shape index (κ1) is 24.8. The molecule has 3 N–H and O–H groups in total. The number of aromatic carboxylic acids is 1. The van der Waals surface area contributed by atoms with E-state index >= 15 is 0 Å². The van der Waals surface area contributed by atoms with Gasteiger partial charge >= 0.3 is 5.97 Å². The van der Waals surface area contributed by atoms with Gasteiger partial charge in [-0.3, -0.25) is 0 Å². The highest BCUT2D eigenvalue weighted by molar-refractivity contribution is 6.30. The van der Waals surface area contributed by atoms with Gasteiger partial charge in [-0.1, -0.05) is 61.0 Å². The molecule has 0 amide bonds. The summed E-state index contributed by atoms with van der Waals surface area (Å²) < 4.78 is 5.71. The van der Waals surface area contributed by atoms with Crippen molar-refractivity contribution in [2.75, 3.05) is 19.7 Å². The smallest absolute Gasteiger partial charge is 0.339 e. The van der Waals surface area contributed by atoms with Crippen LogP contribution in [-0.2, 0) is 6.42 Å². The molecule has 1 atom stereocenters. The number of aliphatic hydroxyl groups excluding tert-OH is 1. The van der Waals surface area contributed by atoms with Crippen LogP contribution in [-0.4, -0.2) is 35.9 Å². The van der Waals surface area contributed by atoms with Gasteiger partial charge in [0.25, 0.3) is 0 Å². The van der Waals surface area contributed by atoms with Crippen molar-refractivity contribution < 1.29 is 19.7 Å². The third kappa shape index (κ3) is 7.06. The monoisotopic (exact) mass is 467 g/mol. The summed E-state index contributed by atoms with van der Waals surface area (Å²) >= 11 is 6.00. The average Bonchev–Trinajstić information content (AvgIpc) is 2.82. The van der Waals surface area contributed by atoms with Crippen molar-refractivity contribution in [3.05, 3.63) is 88.4 Å². The van der Waals surface area contributed by atoms with Gasteiger partial charge in [-0.25, -0.2) is 4.79 Å². The summed E-state index contributed by atoms with van der Waals surface area (Å²) in [5.41, 5.74) is 4.15. The second-order valence-corrected chi connectivity index (χ2v) is 8.34. The highest BCUT2D eigenvalue weighted by Crippen LogP contribution is 2.30. The summed E-state index contributed by atoms with van der Waals surface area (Å²) in [6, 6.07) is 20.7. The van der Waals surface area contributed by atoms with Crippen molar-refractivity contribution in [1.29, 1.82) is 0 Å². The van der Waals surface area contributed by atoms with Crippen molar-refractivity contribution >= 4 is 17.6 Å². The molecule has 5 nitrogen and oxygen atoms in total. The lowest BCUT2D eigenvalue weighted by Gasteiger charge is -2.14. The first-order valence-corrected chi connectivity index (χ1v) is 11.6. The maximum atomic E-state index is 11.5. The van der Waals surface area contributed by atoms with Gasteiger partial charge in [0, 0.05) is 11.6 Å². The van der Waals surface area contributed by atoms with E-state index < -0.39 is 12.1 Å². The van der Waals surface area contributed by atoms with E-state index in [9.17, 15) is 15.0 Å². The van der Waals surface area contributed by atoms with Crippen LogP contribution in [0.4, 0.5) is 0 Å². The number of hydrogen-bond acceptors (Lipinski definition) is 4. The molecule has 0 aliphatic rings. The van der Waals surface area contributed by atoms with Crippen molar-refractivity contribution in [1.82, 2.24) is 5.32 Å². The van der Waals surface area contributed by atoms with Crippen LogP contribution in [0.15, 0.2) is 66.7 Å². The number of carbonyl (C=O) groups is 1. The highest BCUT2D eigenvalue weighted by atomic mass is 35.5. The minimum atomic E-state index is -0.994. The van der Waals surface area contributed by atoms with Gasteiger partial charge < -0.3 is 20.3 Å². The minimum absolute atomic E-state index is 0.173. The minimum Gasteiger partial charge on any atom is -0.493 e. The number of aryl methyl sites for hydroxylation is 1. The fraction of sp³-hybridized carbons (Fsp3) is 0.296. The van der Waals surface area contributed by atoms with E-state index in [-0.39, 0.29) is 5.56 Å². The van der Waals surface area contributed by atoms with Crippen LogP contribution in [0, 0.1) is 0 Å². The topological polar surface area (TPSA) is 78.8 Å². The number of nitrogens with one attached hydrogen (secondary N) is 1. The summed E-state index contributed by atoms with van der Waals surface area (Å²) in [5, 5.41) is 23.7. The Morgan fingerprint density at radius 1 is 1.09 bits per heavy atom. The van der Waals surface area contributed by atoms with Crippen LogP contribution in [0.2, 0.25) is 5.02 Å². The zero-order valence-electron chi connectivity index (χ0n) is 18.8. The molecule has 33 heavy (non-hydrogen) atoms. The molecule has 0 spiro atoms. The molecule has 0 aliphatic heterocycles. The van der Waals surface area contributed by atoms with Gasteiger partial charge in [-0.05, 0) is 72.3 Å². The number of hydrogen-bond donors (Lipinski definition) is 3. The van der Waals surface area contributed by atoms with Crippen molar-refractivity contribution in [2.24, 2.45) is 0 Å². The average molecular weight is 468 g/mol. The summed E-state index contributed by atoms with van der Waals surface area (Å²) in [6.45, 7) is 3.67. The number of aliphatic hydroxyl groups is 1. The number of rotatable bonds is 12. The summed E-state index contributed by atoms with van der Waals surface area (Å²) in [4.78, 5) is 11.5. The zero-order valence-corrected chi connectivity index (χ0v) is 19.5. The summed E-state index contributed by atoms with van der Waals surface area (Å²) in [6.07, 6.45) is 1.94. The van der Waals surface area contributed by atoms with Gasteiger partial charge in [0.1, 0.15) is 11.3 Å². The number of carboxylic acids is 1. The lowest BCUT2D eigenvalue weighted by molar-refractivity contribution is 0.0692. The summed E-state index contributed by atoms with van der Waals surface area (Å²) in [7, 11) is 0. The van der Waals surface area contributed by atoms with E-state index in [1.807, 2.05) is 49.4 Å². The first-order valence-electron chi connectivity index (χ1n) is 11.2. The van der Waals surface area contributed by atoms with Crippen LogP contribution in [0.1, 0.15) is 47.4 Å². The van der Waals surface area contributed by atoms with E-state index in [1.54, 1.807) is 18.2 Å². The maximum Gasteiger partial charge on any atom is 0.339 e. The van der Waals surface area contributed by atoms with Gasteiger partial charge in [0.2, 0.25) is 0 Å². The lowest BCUT2D eigenvalue weighted by atomic mass is 9.95. The lowest BCUT2D eigenvalue weighted by Crippen LogP contribution is -2.22. The standard InChI is InChI=1S/C27H30ClNO4/c1-2-15-33-26-17-20(12-13-24(26)27(31)32)23-11-4-3-7-19(23)9-6-14-29-18-25(30)21-8-5-10-22(28)16-21/h3-5,7-8,10-13,16-17,25,29-30H,2,6,9,14-15,18H2,1H3,(H,31,32)/t25-/m0/s1. The van der Waals surface area contributed by atoms with E-state index in [0.717, 1.165) is 42.5 Å². The molecule has 6 heteroatoms. The Kier molecular flexibility index (Phi) is 9.31. The van der Waals surface area contributed by atoms with Crippen LogP contribution >= 0.6 is 11.6 Å². The van der Waals surface area contributed by atoms with Gasteiger partial charge in [0.05, 0.1) is 12.7 Å². The van der Waals surface area contributed by atoms with Crippen LogP contribution in [0.25, 0.3) is 11.1 Å². The maximum absolute atomic E-state index is 11.5. The normalized spacial score (nSPS) is 11.8. The van der Waals surface area contributed by atoms with Gasteiger partial charge in [0.15, 0.2) is 0 Å². The Bertz CT molecular complexity index is 1070. The largest absolute Gasteiger partial charge is 0.493 e. The van der Waals surface area contributed by atoms with E-state index in [0.29, 0.717) is 23.9 Å². The zero-order chi connectivity index (χ0) is 23.6. The first-order chi connectivity index (χ1) is 16.0. The number of benzene rings is 3. The molecule has 0 unspecified atom stereocenters. The SMILES string of the molecule is CCCOc1cc(-c2ccccc2CCCNC[C@H](O)c2cccc(Cl)c2)ccc1C(=O)O. The Labute approximate surface area is 200 Å². The number of halogens is 1. The second kappa shape index (κ2) is 12.4. The Morgan fingerprint density at radius 3 is 2.67 bits per heavy atom. The number of carboxylic acid groups (broad SMARTS) is 1. The summed E-state index contributed by atoms with van der Waals surface area (Å²) in [5.74, 6) is -0.597. The molecular formula is C27H30ClNO4. The van der Waals surface area contributed by atoms with Crippen molar-refractivity contribution in [3.8, 4) is 16.9 Å². The van der Waals surface area contributed by atoms with Gasteiger partial charge in [-0.15, -0.1) is 0 Å². The predicted octanol–water partition coefficient (Wildman–Crippen LogP) is 5.75. The van der Waals surface area contributed by atoms with E-state index in [4.69, 9.17) is 16.3 Å². The van der Waals surface area contributed by atoms with Crippen LogP contribution in [0.3, 0.4) is 0 Å². The van der Waals surface area contributed by atoms with Crippen LogP contribution in [0.5, 0.6) is 5.75 Å². The molecule has 0 aromatic heterocycles. The Balaban J connectivity index is 1.62. The molecule has 0 radical (unpaired) electrons.